The lowest BCUT2D eigenvalue weighted by Gasteiger charge is -2.28. The number of carboxylic acid groups (broad SMARTS) is 1. The number of carbonyl (C=O) groups is 3. The predicted molar refractivity (Wildman–Crippen MR) is 91.8 cm³/mol. The number of para-hydroxylation sites is 1. The lowest BCUT2D eigenvalue weighted by molar-refractivity contribution is -0.136. The minimum atomic E-state index is -0.965. The molecule has 0 aliphatic rings. The maximum atomic E-state index is 12.2. The molecule has 3 N–H and O–H groups in total. The third-order valence-corrected chi connectivity index (χ3v) is 3.41. The molecule has 0 aliphatic carbocycles. The van der Waals surface area contributed by atoms with Gasteiger partial charge in [0.05, 0.1) is 6.42 Å². The van der Waals surface area contributed by atoms with Crippen LogP contribution in [0.4, 0.5) is 10.5 Å². The van der Waals surface area contributed by atoms with E-state index in [-0.39, 0.29) is 37.4 Å². The molecule has 1 unspecified atom stereocenters. The lowest BCUT2D eigenvalue weighted by atomic mass is 10.2. The fraction of sp³-hybridized carbons (Fsp3) is 0.471. The summed E-state index contributed by atoms with van der Waals surface area (Å²) in [4.78, 5) is 36.4. The number of amides is 3. The van der Waals surface area contributed by atoms with E-state index in [1.165, 1.54) is 0 Å². The minimum Gasteiger partial charge on any atom is -0.481 e. The molecule has 1 atom stereocenters. The smallest absolute Gasteiger partial charge is 0.317 e. The van der Waals surface area contributed by atoms with Crippen molar-refractivity contribution in [1.82, 2.24) is 10.2 Å². The molecule has 0 fully saturated rings. The highest BCUT2D eigenvalue weighted by molar-refractivity contribution is 5.91. The summed E-state index contributed by atoms with van der Waals surface area (Å²) < 4.78 is 0. The predicted octanol–water partition coefficient (Wildman–Crippen LogP) is 2.30. The van der Waals surface area contributed by atoms with Crippen molar-refractivity contribution < 1.29 is 19.5 Å². The quantitative estimate of drug-likeness (QED) is 0.645. The van der Waals surface area contributed by atoms with Gasteiger partial charge in [-0.15, -0.1) is 0 Å². The van der Waals surface area contributed by atoms with Crippen LogP contribution in [0.3, 0.4) is 0 Å². The SMILES string of the molecule is CCCN(C(=O)NCCC(=O)O)C(C)CC(=O)Nc1ccccc1. The van der Waals surface area contributed by atoms with Crippen LogP contribution in [0, 0.1) is 0 Å². The molecule has 0 aromatic heterocycles. The third kappa shape index (κ3) is 7.13. The topological polar surface area (TPSA) is 98.7 Å². The fourth-order valence-electron chi connectivity index (χ4n) is 2.25. The second-order valence-electron chi connectivity index (χ2n) is 5.54. The van der Waals surface area contributed by atoms with Gasteiger partial charge in [-0.3, -0.25) is 9.59 Å². The van der Waals surface area contributed by atoms with Crippen molar-refractivity contribution in [1.29, 1.82) is 0 Å². The number of nitrogens with one attached hydrogen (secondary N) is 2. The zero-order valence-corrected chi connectivity index (χ0v) is 14.1. The number of urea groups is 1. The summed E-state index contributed by atoms with van der Waals surface area (Å²) in [6.45, 7) is 4.31. The second-order valence-corrected chi connectivity index (χ2v) is 5.54. The van der Waals surface area contributed by atoms with Crippen LogP contribution in [0.15, 0.2) is 30.3 Å². The maximum absolute atomic E-state index is 12.2. The Balaban J connectivity index is 2.55. The first-order valence-electron chi connectivity index (χ1n) is 8.05. The van der Waals surface area contributed by atoms with Gasteiger partial charge in [0, 0.05) is 31.2 Å². The Morgan fingerprint density at radius 1 is 1.21 bits per heavy atom. The van der Waals surface area contributed by atoms with Gasteiger partial charge in [0.25, 0.3) is 0 Å². The molecular formula is C17H25N3O4. The van der Waals surface area contributed by atoms with Gasteiger partial charge in [-0.1, -0.05) is 25.1 Å². The van der Waals surface area contributed by atoms with E-state index in [9.17, 15) is 14.4 Å². The first-order valence-corrected chi connectivity index (χ1v) is 8.05. The molecule has 0 spiro atoms. The van der Waals surface area contributed by atoms with Crippen LogP contribution < -0.4 is 10.6 Å². The molecule has 0 aliphatic heterocycles. The van der Waals surface area contributed by atoms with E-state index >= 15 is 0 Å². The molecule has 3 amide bonds. The number of carbonyl (C=O) groups excluding carboxylic acids is 2. The van der Waals surface area contributed by atoms with Crippen molar-refractivity contribution in [2.24, 2.45) is 0 Å². The van der Waals surface area contributed by atoms with Gasteiger partial charge >= 0.3 is 12.0 Å². The molecule has 1 aromatic carbocycles. The number of carboxylic acids is 1. The van der Waals surface area contributed by atoms with Crippen molar-refractivity contribution in [2.45, 2.75) is 39.2 Å². The van der Waals surface area contributed by atoms with Crippen LogP contribution in [-0.4, -0.2) is 47.0 Å². The van der Waals surface area contributed by atoms with E-state index in [4.69, 9.17) is 5.11 Å². The highest BCUT2D eigenvalue weighted by Gasteiger charge is 2.21. The summed E-state index contributed by atoms with van der Waals surface area (Å²) in [7, 11) is 0. The average Bonchev–Trinajstić information content (AvgIpc) is 2.52. The van der Waals surface area contributed by atoms with Gasteiger partial charge in [-0.2, -0.15) is 0 Å². The summed E-state index contributed by atoms with van der Waals surface area (Å²) in [5, 5.41) is 14.0. The zero-order valence-electron chi connectivity index (χ0n) is 14.1. The van der Waals surface area contributed by atoms with Crippen LogP contribution in [0.1, 0.15) is 33.1 Å². The molecule has 0 heterocycles. The van der Waals surface area contributed by atoms with E-state index < -0.39 is 5.97 Å². The summed E-state index contributed by atoms with van der Waals surface area (Å²) in [6.07, 6.45) is 0.785. The number of nitrogens with zero attached hydrogens (tertiary/aromatic N) is 1. The molecule has 7 heteroatoms. The third-order valence-electron chi connectivity index (χ3n) is 3.41. The highest BCUT2D eigenvalue weighted by atomic mass is 16.4. The fourth-order valence-corrected chi connectivity index (χ4v) is 2.25. The van der Waals surface area contributed by atoms with Gasteiger partial charge < -0.3 is 20.6 Å². The standard InChI is InChI=1S/C17H25N3O4/c1-3-11-20(17(24)18-10-9-16(22)23)13(2)12-15(21)19-14-7-5-4-6-8-14/h4-8,13H,3,9-12H2,1-2H3,(H,18,24)(H,19,21)(H,22,23). The van der Waals surface area contributed by atoms with Gasteiger partial charge in [0.15, 0.2) is 0 Å². The van der Waals surface area contributed by atoms with E-state index in [0.717, 1.165) is 6.42 Å². The van der Waals surface area contributed by atoms with Crippen LogP contribution in [0.25, 0.3) is 0 Å². The summed E-state index contributed by atoms with van der Waals surface area (Å²) in [5.41, 5.74) is 0.711. The number of anilines is 1. The van der Waals surface area contributed by atoms with E-state index in [1.807, 2.05) is 25.1 Å². The van der Waals surface area contributed by atoms with Crippen molar-refractivity contribution in [2.75, 3.05) is 18.4 Å². The van der Waals surface area contributed by atoms with Crippen molar-refractivity contribution in [3.63, 3.8) is 0 Å². The normalized spacial score (nSPS) is 11.4. The molecule has 1 aromatic rings. The van der Waals surface area contributed by atoms with Gasteiger partial charge in [0.1, 0.15) is 0 Å². The first-order chi connectivity index (χ1) is 11.4. The Kier molecular flexibility index (Phi) is 8.32. The monoisotopic (exact) mass is 335 g/mol. The lowest BCUT2D eigenvalue weighted by Crippen LogP contribution is -2.47. The molecule has 24 heavy (non-hydrogen) atoms. The number of benzene rings is 1. The molecule has 132 valence electrons. The minimum absolute atomic E-state index is 0.0668. The number of hydrogen-bond donors (Lipinski definition) is 3. The second kappa shape index (κ2) is 10.3. The molecule has 1 rings (SSSR count). The molecular weight excluding hydrogens is 310 g/mol. The summed E-state index contributed by atoms with van der Waals surface area (Å²) in [6, 6.07) is 8.48. The van der Waals surface area contributed by atoms with E-state index in [1.54, 1.807) is 24.0 Å². The molecule has 0 saturated heterocycles. The van der Waals surface area contributed by atoms with E-state index in [0.29, 0.717) is 12.2 Å². The molecule has 0 radical (unpaired) electrons. The Bertz CT molecular complexity index is 548. The van der Waals surface area contributed by atoms with Crippen LogP contribution in [0.2, 0.25) is 0 Å². The summed E-state index contributed by atoms with van der Waals surface area (Å²) in [5.74, 6) is -1.14. The van der Waals surface area contributed by atoms with Crippen LogP contribution in [0.5, 0.6) is 0 Å². The number of hydrogen-bond acceptors (Lipinski definition) is 3. The van der Waals surface area contributed by atoms with Crippen molar-refractivity contribution in [3.05, 3.63) is 30.3 Å². The summed E-state index contributed by atoms with van der Waals surface area (Å²) >= 11 is 0. The van der Waals surface area contributed by atoms with Gasteiger partial charge in [-0.05, 0) is 25.5 Å². The van der Waals surface area contributed by atoms with Gasteiger partial charge in [0.2, 0.25) is 5.91 Å². The van der Waals surface area contributed by atoms with Crippen molar-refractivity contribution in [3.8, 4) is 0 Å². The molecule has 7 nitrogen and oxygen atoms in total. The zero-order chi connectivity index (χ0) is 17.9. The largest absolute Gasteiger partial charge is 0.481 e. The van der Waals surface area contributed by atoms with Crippen LogP contribution >= 0.6 is 0 Å². The Hall–Kier alpha value is -2.57. The van der Waals surface area contributed by atoms with Crippen LogP contribution in [-0.2, 0) is 9.59 Å². The first kappa shape index (κ1) is 19.5. The Morgan fingerprint density at radius 3 is 2.46 bits per heavy atom. The molecule has 0 saturated carbocycles. The highest BCUT2D eigenvalue weighted by Crippen LogP contribution is 2.10. The molecule has 0 bridgehead atoms. The maximum Gasteiger partial charge on any atom is 0.317 e. The number of rotatable bonds is 9. The van der Waals surface area contributed by atoms with Gasteiger partial charge in [-0.25, -0.2) is 4.79 Å². The average molecular weight is 335 g/mol. The number of aliphatic carboxylic acids is 1. The Labute approximate surface area is 142 Å². The van der Waals surface area contributed by atoms with E-state index in [2.05, 4.69) is 10.6 Å². The Morgan fingerprint density at radius 2 is 1.88 bits per heavy atom. The van der Waals surface area contributed by atoms with Crippen molar-refractivity contribution >= 4 is 23.6 Å².